The van der Waals surface area contributed by atoms with Crippen LogP contribution in [0.1, 0.15) is 39.5 Å². The number of fused-ring (bicyclic) bond motifs is 1. The van der Waals surface area contributed by atoms with Gasteiger partial charge < -0.3 is 24.4 Å². The van der Waals surface area contributed by atoms with E-state index in [1.165, 1.54) is 6.92 Å². The summed E-state index contributed by atoms with van der Waals surface area (Å²) in [6.45, 7) is 6.40. The maximum atomic E-state index is 13.4. The fourth-order valence-corrected chi connectivity index (χ4v) is 7.37. The molecule has 1 saturated heterocycles. The summed E-state index contributed by atoms with van der Waals surface area (Å²) in [6, 6.07) is 0. The zero-order valence-electron chi connectivity index (χ0n) is 17.1. The zero-order valence-corrected chi connectivity index (χ0v) is 17.1. The quantitative estimate of drug-likeness (QED) is 0.396. The van der Waals surface area contributed by atoms with Crippen LogP contribution in [0.15, 0.2) is 24.3 Å². The van der Waals surface area contributed by atoms with E-state index < -0.39 is 64.7 Å². The molecule has 0 amide bonds. The van der Waals surface area contributed by atoms with E-state index in [1.807, 2.05) is 0 Å². The molecule has 5 rings (SSSR count). The summed E-state index contributed by atoms with van der Waals surface area (Å²) in [5.41, 5.74) is -3.45. The van der Waals surface area contributed by atoms with Crippen molar-refractivity contribution in [2.45, 2.75) is 56.8 Å². The van der Waals surface area contributed by atoms with Gasteiger partial charge in [0.15, 0.2) is 0 Å². The van der Waals surface area contributed by atoms with Gasteiger partial charge in [-0.1, -0.05) is 12.7 Å². The Labute approximate surface area is 173 Å². The molecule has 0 radical (unpaired) electrons. The van der Waals surface area contributed by atoms with Crippen LogP contribution < -0.4 is 0 Å². The molecule has 30 heavy (non-hydrogen) atoms. The Balaban J connectivity index is 1.64. The van der Waals surface area contributed by atoms with Gasteiger partial charge in [0.05, 0.1) is 17.6 Å². The SMILES string of the molecule is C=C1C[C@]23C[C@@]1(O)CC[C@H]2[C@@]12C=C[C@H](O)[C@](C)(C(=O)O1)C2[C@@H]3C(=O)OCOC(C)=O. The molecule has 5 aliphatic rings. The molecule has 1 spiro atoms. The fourth-order valence-electron chi connectivity index (χ4n) is 7.37. The van der Waals surface area contributed by atoms with Gasteiger partial charge in [0, 0.05) is 18.8 Å². The van der Waals surface area contributed by atoms with Gasteiger partial charge in [0.25, 0.3) is 0 Å². The summed E-state index contributed by atoms with van der Waals surface area (Å²) in [6.07, 6.45) is 4.01. The molecule has 8 heteroatoms. The fraction of sp³-hybridized carbons (Fsp3) is 0.682. The number of rotatable bonds is 3. The van der Waals surface area contributed by atoms with Crippen LogP contribution in [0.25, 0.3) is 0 Å². The molecular formula is C22H26O8. The second kappa shape index (κ2) is 5.73. The minimum Gasteiger partial charge on any atom is -0.454 e. The second-order valence-corrected chi connectivity index (χ2v) is 9.82. The number of carbonyl (C=O) groups excluding carboxylic acids is 3. The van der Waals surface area contributed by atoms with Crippen molar-refractivity contribution in [2.75, 3.05) is 6.79 Å². The van der Waals surface area contributed by atoms with Crippen LogP contribution in [0.2, 0.25) is 0 Å². The lowest BCUT2D eigenvalue weighted by Gasteiger charge is -2.44. The lowest BCUT2D eigenvalue weighted by Crippen LogP contribution is -2.51. The number of hydrogen-bond donors (Lipinski definition) is 2. The van der Waals surface area contributed by atoms with Crippen molar-refractivity contribution >= 4 is 17.9 Å². The molecule has 8 nitrogen and oxygen atoms in total. The first-order valence-corrected chi connectivity index (χ1v) is 10.3. The molecule has 3 saturated carbocycles. The number of esters is 3. The minimum atomic E-state index is -1.31. The first kappa shape index (κ1) is 19.8. The zero-order chi connectivity index (χ0) is 21.7. The predicted octanol–water partition coefficient (Wildman–Crippen LogP) is 1.01. The minimum absolute atomic E-state index is 0.213. The molecule has 2 N–H and O–H groups in total. The van der Waals surface area contributed by atoms with Gasteiger partial charge in [0.1, 0.15) is 11.0 Å². The number of hydrogen-bond acceptors (Lipinski definition) is 8. The number of aliphatic hydroxyl groups is 2. The molecular weight excluding hydrogens is 392 g/mol. The van der Waals surface area contributed by atoms with Gasteiger partial charge in [-0.15, -0.1) is 0 Å². The van der Waals surface area contributed by atoms with Gasteiger partial charge >= 0.3 is 17.9 Å². The highest BCUT2D eigenvalue weighted by molar-refractivity contribution is 5.87. The summed E-state index contributed by atoms with van der Waals surface area (Å²) in [5, 5.41) is 21.9. The van der Waals surface area contributed by atoms with E-state index in [2.05, 4.69) is 6.58 Å². The topological polar surface area (TPSA) is 119 Å². The second-order valence-electron chi connectivity index (χ2n) is 9.82. The van der Waals surface area contributed by atoms with E-state index >= 15 is 0 Å². The molecule has 1 aliphatic heterocycles. The van der Waals surface area contributed by atoms with Gasteiger partial charge in [0.2, 0.25) is 6.79 Å². The van der Waals surface area contributed by atoms with E-state index in [0.717, 1.165) is 0 Å². The van der Waals surface area contributed by atoms with Crippen LogP contribution in [0, 0.1) is 28.6 Å². The van der Waals surface area contributed by atoms with E-state index in [9.17, 15) is 24.6 Å². The average Bonchev–Trinajstić information content (AvgIpc) is 3.08. The predicted molar refractivity (Wildman–Crippen MR) is 100 cm³/mol. The Hall–Kier alpha value is -2.19. The summed E-state index contributed by atoms with van der Waals surface area (Å²) in [5.74, 6) is -3.41. The number of aliphatic hydroxyl groups excluding tert-OH is 1. The van der Waals surface area contributed by atoms with Crippen molar-refractivity contribution in [1.82, 2.24) is 0 Å². The maximum Gasteiger partial charge on any atom is 0.316 e. The monoisotopic (exact) mass is 418 g/mol. The van der Waals surface area contributed by atoms with Gasteiger partial charge in [-0.25, -0.2) is 0 Å². The number of ether oxygens (including phenoxy) is 3. The van der Waals surface area contributed by atoms with Crippen molar-refractivity contribution in [3.63, 3.8) is 0 Å². The van der Waals surface area contributed by atoms with E-state index in [-0.39, 0.29) is 5.92 Å². The van der Waals surface area contributed by atoms with Crippen LogP contribution >= 0.6 is 0 Å². The van der Waals surface area contributed by atoms with Crippen LogP contribution in [0.3, 0.4) is 0 Å². The summed E-state index contributed by atoms with van der Waals surface area (Å²) in [4.78, 5) is 37.5. The Bertz CT molecular complexity index is 909. The highest BCUT2D eigenvalue weighted by Crippen LogP contribution is 2.77. The summed E-state index contributed by atoms with van der Waals surface area (Å²) in [7, 11) is 0. The van der Waals surface area contributed by atoms with Gasteiger partial charge in [-0.2, -0.15) is 0 Å². The normalized spacial score (nSPS) is 50.0. The van der Waals surface area contributed by atoms with Crippen molar-refractivity contribution in [3.8, 4) is 0 Å². The Morgan fingerprint density at radius 3 is 2.80 bits per heavy atom. The standard InChI is InChI=1S/C22H26O8/c1-11-8-20-9-21(11,27)6-4-13(20)22-7-5-14(24)19(3,18(26)30-22)16(22)15(20)17(25)29-10-28-12(2)23/h5,7,13-16,24,27H,1,4,6,8-10H2,2-3H3/t13-,14+,15-,16?,19+,20+,21+,22-/m1/s1. The first-order chi connectivity index (χ1) is 14.0. The Kier molecular flexibility index (Phi) is 3.78. The molecule has 162 valence electrons. The van der Waals surface area contributed by atoms with Crippen molar-refractivity contribution in [1.29, 1.82) is 0 Å². The molecule has 8 atom stereocenters. The molecule has 4 aliphatic carbocycles. The summed E-state index contributed by atoms with van der Waals surface area (Å²) >= 11 is 0. The van der Waals surface area contributed by atoms with Crippen LogP contribution in [-0.4, -0.2) is 52.2 Å². The highest BCUT2D eigenvalue weighted by atomic mass is 16.7. The van der Waals surface area contributed by atoms with E-state index in [4.69, 9.17) is 14.2 Å². The van der Waals surface area contributed by atoms with Gasteiger partial charge in [-0.05, 0) is 49.7 Å². The first-order valence-electron chi connectivity index (χ1n) is 10.3. The molecule has 1 heterocycles. The Morgan fingerprint density at radius 1 is 1.37 bits per heavy atom. The van der Waals surface area contributed by atoms with E-state index in [1.54, 1.807) is 19.1 Å². The summed E-state index contributed by atoms with van der Waals surface area (Å²) < 4.78 is 16.1. The lowest BCUT2D eigenvalue weighted by molar-refractivity contribution is -0.177. The molecule has 1 unspecified atom stereocenters. The van der Waals surface area contributed by atoms with Gasteiger partial charge in [-0.3, -0.25) is 14.4 Å². The van der Waals surface area contributed by atoms with Crippen LogP contribution in [0.5, 0.6) is 0 Å². The van der Waals surface area contributed by atoms with Crippen molar-refractivity contribution in [2.24, 2.45) is 28.6 Å². The highest BCUT2D eigenvalue weighted by Gasteiger charge is 2.83. The third kappa shape index (κ3) is 2.06. The average molecular weight is 418 g/mol. The van der Waals surface area contributed by atoms with Crippen molar-refractivity contribution in [3.05, 3.63) is 24.3 Å². The van der Waals surface area contributed by atoms with E-state index in [0.29, 0.717) is 31.3 Å². The Morgan fingerprint density at radius 2 is 2.10 bits per heavy atom. The largest absolute Gasteiger partial charge is 0.454 e. The lowest BCUT2D eigenvalue weighted by atomic mass is 9.61. The third-order valence-electron chi connectivity index (χ3n) is 8.57. The van der Waals surface area contributed by atoms with Crippen molar-refractivity contribution < 1.29 is 38.8 Å². The molecule has 0 aromatic heterocycles. The smallest absolute Gasteiger partial charge is 0.316 e. The molecule has 4 bridgehead atoms. The number of carbonyl (C=O) groups is 3. The van der Waals surface area contributed by atoms with Crippen LogP contribution in [-0.2, 0) is 28.6 Å². The maximum absolute atomic E-state index is 13.4. The molecule has 4 fully saturated rings. The molecule has 0 aromatic rings. The third-order valence-corrected chi connectivity index (χ3v) is 8.57. The van der Waals surface area contributed by atoms with Crippen LogP contribution in [0.4, 0.5) is 0 Å². The molecule has 0 aromatic carbocycles.